The molecule has 0 radical (unpaired) electrons. The van der Waals surface area contributed by atoms with Crippen molar-refractivity contribution in [2.24, 2.45) is 5.92 Å². The number of allylic oxidation sites excluding steroid dienone is 2. The lowest BCUT2D eigenvalue weighted by molar-refractivity contribution is 0.0696. The average molecular weight is 344 g/mol. The van der Waals surface area contributed by atoms with Crippen LogP contribution in [0, 0.1) is 11.7 Å². The molecule has 2 aromatic carbocycles. The van der Waals surface area contributed by atoms with Gasteiger partial charge in [-0.25, -0.2) is 9.18 Å². The van der Waals surface area contributed by atoms with E-state index in [0.717, 1.165) is 17.7 Å². The van der Waals surface area contributed by atoms with Crippen LogP contribution in [-0.2, 0) is 0 Å². The van der Waals surface area contributed by atoms with Crippen molar-refractivity contribution in [3.63, 3.8) is 0 Å². The van der Waals surface area contributed by atoms with E-state index < -0.39 is 5.97 Å². The number of rotatable bonds is 2. The van der Waals surface area contributed by atoms with E-state index in [4.69, 9.17) is 11.6 Å². The van der Waals surface area contributed by atoms with Crippen LogP contribution in [0.25, 0.3) is 0 Å². The number of aromatic carboxylic acids is 1. The first-order valence-electron chi connectivity index (χ1n) is 7.80. The van der Waals surface area contributed by atoms with Crippen molar-refractivity contribution in [1.82, 2.24) is 0 Å². The highest BCUT2D eigenvalue weighted by Crippen LogP contribution is 2.51. The van der Waals surface area contributed by atoms with E-state index in [1.165, 1.54) is 6.07 Å². The molecule has 2 aromatic rings. The maximum atomic E-state index is 14.4. The van der Waals surface area contributed by atoms with Crippen molar-refractivity contribution in [1.29, 1.82) is 0 Å². The lowest BCUT2D eigenvalue weighted by Gasteiger charge is -2.38. The minimum Gasteiger partial charge on any atom is -0.478 e. The second kappa shape index (κ2) is 5.64. The Hall–Kier alpha value is -2.33. The molecule has 4 rings (SSSR count). The van der Waals surface area contributed by atoms with Gasteiger partial charge in [-0.2, -0.15) is 0 Å². The summed E-state index contributed by atoms with van der Waals surface area (Å²) in [7, 11) is 0. The number of hydrogen-bond donors (Lipinski definition) is 2. The molecular weight excluding hydrogens is 329 g/mol. The molecule has 3 atom stereocenters. The molecule has 2 N–H and O–H groups in total. The van der Waals surface area contributed by atoms with Gasteiger partial charge in [0.15, 0.2) is 0 Å². The lowest BCUT2D eigenvalue weighted by atomic mass is 9.76. The number of nitrogens with one attached hydrogen (secondary N) is 1. The third-order valence-corrected chi connectivity index (χ3v) is 5.25. The number of hydrogen-bond acceptors (Lipinski definition) is 2. The molecule has 3 nitrogen and oxygen atoms in total. The Balaban J connectivity index is 1.83. The van der Waals surface area contributed by atoms with Crippen LogP contribution in [0.5, 0.6) is 0 Å². The van der Waals surface area contributed by atoms with Gasteiger partial charge in [-0.3, -0.25) is 0 Å². The van der Waals surface area contributed by atoms with Crippen LogP contribution in [-0.4, -0.2) is 11.1 Å². The zero-order valence-electron chi connectivity index (χ0n) is 12.7. The minimum absolute atomic E-state index is 0.0567. The Bertz CT molecular complexity index is 844. The summed E-state index contributed by atoms with van der Waals surface area (Å²) in [6.45, 7) is 0. The van der Waals surface area contributed by atoms with Crippen LogP contribution in [0.2, 0.25) is 5.02 Å². The smallest absolute Gasteiger partial charge is 0.335 e. The number of carbonyl (C=O) groups is 1. The number of anilines is 1. The monoisotopic (exact) mass is 343 g/mol. The highest BCUT2D eigenvalue weighted by molar-refractivity contribution is 6.31. The Morgan fingerprint density at radius 2 is 2.12 bits per heavy atom. The molecule has 0 unspecified atom stereocenters. The van der Waals surface area contributed by atoms with Crippen LogP contribution >= 0.6 is 11.6 Å². The Morgan fingerprint density at radius 1 is 1.29 bits per heavy atom. The summed E-state index contributed by atoms with van der Waals surface area (Å²) in [5, 5.41) is 13.0. The van der Waals surface area contributed by atoms with Crippen molar-refractivity contribution >= 4 is 23.3 Å². The normalized spacial score (nSPS) is 24.2. The van der Waals surface area contributed by atoms with Crippen LogP contribution in [0.15, 0.2) is 48.6 Å². The number of halogens is 2. The minimum atomic E-state index is -0.949. The molecule has 1 heterocycles. The fourth-order valence-corrected chi connectivity index (χ4v) is 4.10. The van der Waals surface area contributed by atoms with Gasteiger partial charge in [0, 0.05) is 22.2 Å². The molecule has 1 aliphatic heterocycles. The zero-order chi connectivity index (χ0) is 16.8. The molecule has 24 heavy (non-hydrogen) atoms. The first-order valence-corrected chi connectivity index (χ1v) is 8.18. The molecule has 1 aliphatic carbocycles. The average Bonchev–Trinajstić information content (AvgIpc) is 3.04. The van der Waals surface area contributed by atoms with E-state index in [-0.39, 0.29) is 29.3 Å². The number of fused-ring (bicyclic) bond motifs is 3. The highest BCUT2D eigenvalue weighted by atomic mass is 35.5. The Morgan fingerprint density at radius 3 is 2.88 bits per heavy atom. The molecule has 2 aliphatic rings. The standard InChI is InChI=1S/C19H15ClFNO2/c20-14-5-2-6-15(21)17(14)18-12-4-1-3-11(12)13-9-10(19(23)24)7-8-16(13)22-18/h1-3,5-9,11-12,18,22H,4H2,(H,23,24)/t11-,12-,18-/m0/s1. The number of benzene rings is 2. The molecule has 5 heteroatoms. The van der Waals surface area contributed by atoms with Gasteiger partial charge in [-0.1, -0.05) is 29.8 Å². The first kappa shape index (κ1) is 15.2. The van der Waals surface area contributed by atoms with Crippen molar-refractivity contribution in [3.8, 4) is 0 Å². The lowest BCUT2D eigenvalue weighted by Crippen LogP contribution is -2.30. The number of carboxylic acids is 1. The van der Waals surface area contributed by atoms with Crippen molar-refractivity contribution in [2.75, 3.05) is 5.32 Å². The van der Waals surface area contributed by atoms with Gasteiger partial charge in [0.2, 0.25) is 0 Å². The van der Waals surface area contributed by atoms with Crippen LogP contribution in [0.4, 0.5) is 10.1 Å². The van der Waals surface area contributed by atoms with Gasteiger partial charge in [0.05, 0.1) is 11.6 Å². The topological polar surface area (TPSA) is 49.3 Å². The van der Waals surface area contributed by atoms with Gasteiger partial charge in [0.25, 0.3) is 0 Å². The van der Waals surface area contributed by atoms with Gasteiger partial charge >= 0.3 is 5.97 Å². The molecule has 122 valence electrons. The molecule has 0 fully saturated rings. The summed E-state index contributed by atoms with van der Waals surface area (Å²) >= 11 is 6.27. The molecule has 0 amide bonds. The molecular formula is C19H15ClFNO2. The van der Waals surface area contributed by atoms with Crippen LogP contribution < -0.4 is 5.32 Å². The predicted octanol–water partition coefficient (Wildman–Crippen LogP) is 5.00. The van der Waals surface area contributed by atoms with E-state index in [2.05, 4.69) is 17.5 Å². The van der Waals surface area contributed by atoms with Gasteiger partial charge in [-0.05, 0) is 48.2 Å². The molecule has 0 aromatic heterocycles. The second-order valence-corrected chi connectivity index (χ2v) is 6.63. The fraction of sp³-hybridized carbons (Fsp3) is 0.211. The molecule has 0 bridgehead atoms. The Kier molecular flexibility index (Phi) is 3.57. The quantitative estimate of drug-likeness (QED) is 0.754. The summed E-state index contributed by atoms with van der Waals surface area (Å²) in [4.78, 5) is 11.2. The van der Waals surface area contributed by atoms with Gasteiger partial charge < -0.3 is 10.4 Å². The van der Waals surface area contributed by atoms with Crippen LogP contribution in [0.3, 0.4) is 0 Å². The highest BCUT2D eigenvalue weighted by Gasteiger charge is 2.39. The van der Waals surface area contributed by atoms with E-state index >= 15 is 0 Å². The van der Waals surface area contributed by atoms with Gasteiger partial charge in [0.1, 0.15) is 5.82 Å². The van der Waals surface area contributed by atoms with E-state index in [0.29, 0.717) is 10.6 Å². The summed E-state index contributed by atoms with van der Waals surface area (Å²) in [5.74, 6) is -1.11. The maximum absolute atomic E-state index is 14.4. The molecule has 0 spiro atoms. The van der Waals surface area contributed by atoms with E-state index in [1.54, 1.807) is 30.3 Å². The second-order valence-electron chi connectivity index (χ2n) is 6.22. The zero-order valence-corrected chi connectivity index (χ0v) is 13.4. The van der Waals surface area contributed by atoms with Crippen LogP contribution in [0.1, 0.15) is 39.9 Å². The Labute approximate surface area is 143 Å². The predicted molar refractivity (Wildman–Crippen MR) is 91.2 cm³/mol. The van der Waals surface area contributed by atoms with Crippen molar-refractivity contribution in [2.45, 2.75) is 18.4 Å². The first-order chi connectivity index (χ1) is 11.6. The van der Waals surface area contributed by atoms with E-state index in [9.17, 15) is 14.3 Å². The SMILES string of the molecule is O=C(O)c1ccc2c(c1)[C@H]1C=CC[C@@H]1[C@@H](c1c(F)cccc1Cl)N2. The summed E-state index contributed by atoms with van der Waals surface area (Å²) in [6.07, 6.45) is 4.95. The third-order valence-electron chi connectivity index (χ3n) is 4.92. The largest absolute Gasteiger partial charge is 0.478 e. The van der Waals surface area contributed by atoms with Gasteiger partial charge in [-0.15, -0.1) is 0 Å². The summed E-state index contributed by atoms with van der Waals surface area (Å²) in [5.41, 5.74) is 2.51. The fourth-order valence-electron chi connectivity index (χ4n) is 3.82. The molecule has 0 saturated carbocycles. The molecule has 0 saturated heterocycles. The van der Waals surface area contributed by atoms with Crippen molar-refractivity contribution in [3.05, 3.63) is 76.1 Å². The third kappa shape index (κ3) is 2.29. The van der Waals surface area contributed by atoms with E-state index in [1.807, 2.05) is 0 Å². The maximum Gasteiger partial charge on any atom is 0.335 e. The number of carboxylic acid groups (broad SMARTS) is 1. The van der Waals surface area contributed by atoms with Crippen molar-refractivity contribution < 1.29 is 14.3 Å². The summed E-state index contributed by atoms with van der Waals surface area (Å²) < 4.78 is 14.4. The summed E-state index contributed by atoms with van der Waals surface area (Å²) in [6, 6.07) is 9.49.